The number of ketones is 1. The van der Waals surface area contributed by atoms with Gasteiger partial charge in [0.05, 0.1) is 23.1 Å². The topological polar surface area (TPSA) is 46.6 Å². The van der Waals surface area contributed by atoms with E-state index in [-0.39, 0.29) is 24.0 Å². The average molecular weight is 441 g/mol. The number of likely N-dealkylation sites (tertiary alicyclic amines) is 1. The van der Waals surface area contributed by atoms with Crippen LogP contribution in [0.15, 0.2) is 42.5 Å². The number of Topliss-reactive ketones (excluding diaryl/α,β-unsaturated/α-hetero) is 1. The predicted molar refractivity (Wildman–Crippen MR) is 112 cm³/mol. The van der Waals surface area contributed by atoms with Crippen LogP contribution in [-0.4, -0.2) is 36.3 Å². The first-order valence-electron chi connectivity index (χ1n) is 9.09. The van der Waals surface area contributed by atoms with Gasteiger partial charge in [-0.05, 0) is 49.2 Å². The largest absolute Gasteiger partial charge is 0.493 e. The molecule has 0 aliphatic carbocycles. The first-order chi connectivity index (χ1) is 13.4. The van der Waals surface area contributed by atoms with E-state index in [4.69, 9.17) is 39.5 Å². The van der Waals surface area contributed by atoms with Gasteiger partial charge >= 0.3 is 0 Å². The van der Waals surface area contributed by atoms with Gasteiger partial charge in [0.25, 0.3) is 0 Å². The predicted octanol–water partition coefficient (Wildman–Crippen LogP) is 5.54. The van der Waals surface area contributed by atoms with E-state index in [1.54, 1.807) is 47.4 Å². The summed E-state index contributed by atoms with van der Waals surface area (Å²) in [4.78, 5) is 26.8. The van der Waals surface area contributed by atoms with Crippen molar-refractivity contribution in [2.75, 3.05) is 19.7 Å². The van der Waals surface area contributed by atoms with Crippen LogP contribution >= 0.6 is 34.8 Å². The molecule has 0 spiro atoms. The fraction of sp³-hybridized carbons (Fsp3) is 0.333. The highest BCUT2D eigenvalue weighted by molar-refractivity contribution is 6.42. The Hall–Kier alpha value is -1.75. The molecule has 0 N–H and O–H groups in total. The van der Waals surface area contributed by atoms with Gasteiger partial charge in [-0.15, -0.1) is 0 Å². The molecule has 1 amide bonds. The molecule has 1 aliphatic heterocycles. The zero-order chi connectivity index (χ0) is 20.1. The average Bonchev–Trinajstić information content (AvgIpc) is 2.69. The highest BCUT2D eigenvalue weighted by Gasteiger charge is 2.28. The zero-order valence-electron chi connectivity index (χ0n) is 15.2. The Morgan fingerprint density at radius 1 is 1.00 bits per heavy atom. The SMILES string of the molecule is O=C(c1ccc(Cl)c(Cl)c1)C1CCN(C(=O)CCOc2cccc(Cl)c2)CC1. The number of amides is 1. The van der Waals surface area contributed by atoms with E-state index < -0.39 is 0 Å². The molecule has 0 radical (unpaired) electrons. The Morgan fingerprint density at radius 3 is 2.43 bits per heavy atom. The van der Waals surface area contributed by atoms with E-state index in [2.05, 4.69) is 0 Å². The van der Waals surface area contributed by atoms with Crippen LogP contribution < -0.4 is 4.74 Å². The van der Waals surface area contributed by atoms with Crippen LogP contribution in [-0.2, 0) is 4.79 Å². The number of piperidine rings is 1. The molecule has 28 heavy (non-hydrogen) atoms. The molecule has 7 heteroatoms. The summed E-state index contributed by atoms with van der Waals surface area (Å²) in [5, 5.41) is 1.40. The lowest BCUT2D eigenvalue weighted by molar-refractivity contribution is -0.132. The second kappa shape index (κ2) is 9.64. The number of ether oxygens (including phenoxy) is 1. The molecule has 0 unspecified atom stereocenters. The summed E-state index contributed by atoms with van der Waals surface area (Å²) in [6, 6.07) is 12.0. The lowest BCUT2D eigenvalue weighted by atomic mass is 9.89. The van der Waals surface area contributed by atoms with Crippen molar-refractivity contribution in [1.29, 1.82) is 0 Å². The van der Waals surface area contributed by atoms with Crippen LogP contribution in [0.25, 0.3) is 0 Å². The molecule has 0 aromatic heterocycles. The minimum Gasteiger partial charge on any atom is -0.493 e. The van der Waals surface area contributed by atoms with Crippen LogP contribution in [0.1, 0.15) is 29.6 Å². The Morgan fingerprint density at radius 2 is 1.75 bits per heavy atom. The van der Waals surface area contributed by atoms with E-state index in [0.29, 0.717) is 58.9 Å². The van der Waals surface area contributed by atoms with Crippen LogP contribution in [0, 0.1) is 5.92 Å². The number of carbonyl (C=O) groups is 2. The van der Waals surface area contributed by atoms with Crippen molar-refractivity contribution < 1.29 is 14.3 Å². The zero-order valence-corrected chi connectivity index (χ0v) is 17.4. The Bertz CT molecular complexity index is 864. The third kappa shape index (κ3) is 5.40. The van der Waals surface area contributed by atoms with Crippen LogP contribution in [0.3, 0.4) is 0 Å². The van der Waals surface area contributed by atoms with Gasteiger partial charge < -0.3 is 9.64 Å². The van der Waals surface area contributed by atoms with Crippen molar-refractivity contribution in [2.24, 2.45) is 5.92 Å². The van der Waals surface area contributed by atoms with Crippen molar-refractivity contribution in [1.82, 2.24) is 4.90 Å². The van der Waals surface area contributed by atoms with Gasteiger partial charge in [0, 0.05) is 29.6 Å². The second-order valence-corrected chi connectivity index (χ2v) is 7.95. The molecule has 0 saturated carbocycles. The highest BCUT2D eigenvalue weighted by Crippen LogP contribution is 2.27. The summed E-state index contributed by atoms with van der Waals surface area (Å²) in [6.45, 7) is 1.42. The van der Waals surface area contributed by atoms with Gasteiger partial charge in [-0.3, -0.25) is 9.59 Å². The van der Waals surface area contributed by atoms with Gasteiger partial charge in [-0.1, -0.05) is 40.9 Å². The lowest BCUT2D eigenvalue weighted by Crippen LogP contribution is -2.40. The third-order valence-electron chi connectivity index (χ3n) is 4.80. The fourth-order valence-electron chi connectivity index (χ4n) is 3.25. The molecule has 4 nitrogen and oxygen atoms in total. The minimum absolute atomic E-state index is 0.0301. The van der Waals surface area contributed by atoms with Gasteiger partial charge in [-0.25, -0.2) is 0 Å². The van der Waals surface area contributed by atoms with E-state index in [9.17, 15) is 9.59 Å². The highest BCUT2D eigenvalue weighted by atomic mass is 35.5. The summed E-state index contributed by atoms with van der Waals surface area (Å²) >= 11 is 17.8. The van der Waals surface area contributed by atoms with Gasteiger partial charge in [-0.2, -0.15) is 0 Å². The summed E-state index contributed by atoms with van der Waals surface area (Å²) < 4.78 is 5.58. The van der Waals surface area contributed by atoms with Gasteiger partial charge in [0.1, 0.15) is 5.75 Å². The Balaban J connectivity index is 1.45. The van der Waals surface area contributed by atoms with Crippen LogP contribution in [0.4, 0.5) is 0 Å². The standard InChI is InChI=1S/C21H20Cl3NO3/c22-16-2-1-3-17(13-16)28-11-8-20(26)25-9-6-14(7-10-25)21(27)15-4-5-18(23)19(24)12-15/h1-5,12-14H,6-11H2. The maximum Gasteiger partial charge on any atom is 0.225 e. The number of carbonyl (C=O) groups excluding carboxylic acids is 2. The third-order valence-corrected chi connectivity index (χ3v) is 5.78. The molecule has 1 saturated heterocycles. The van der Waals surface area contributed by atoms with Crippen molar-refractivity contribution in [3.63, 3.8) is 0 Å². The van der Waals surface area contributed by atoms with Crippen molar-refractivity contribution in [3.8, 4) is 5.75 Å². The Labute approximate surface area is 179 Å². The molecule has 0 atom stereocenters. The summed E-state index contributed by atoms with van der Waals surface area (Å²) in [5.74, 6) is 0.618. The number of hydrogen-bond acceptors (Lipinski definition) is 3. The number of benzene rings is 2. The number of hydrogen-bond donors (Lipinski definition) is 0. The first kappa shape index (κ1) is 21.0. The molecule has 2 aromatic rings. The van der Waals surface area contributed by atoms with Crippen LogP contribution in [0.2, 0.25) is 15.1 Å². The summed E-state index contributed by atoms with van der Waals surface area (Å²) in [5.41, 5.74) is 0.564. The van der Waals surface area contributed by atoms with Gasteiger partial charge in [0.2, 0.25) is 5.91 Å². The van der Waals surface area contributed by atoms with E-state index >= 15 is 0 Å². The molecule has 3 rings (SSSR count). The molecule has 0 bridgehead atoms. The summed E-state index contributed by atoms with van der Waals surface area (Å²) in [6.07, 6.45) is 1.57. The second-order valence-electron chi connectivity index (χ2n) is 6.70. The molecule has 1 heterocycles. The quantitative estimate of drug-likeness (QED) is 0.554. The first-order valence-corrected chi connectivity index (χ1v) is 10.2. The number of nitrogens with zero attached hydrogens (tertiary/aromatic N) is 1. The maximum absolute atomic E-state index is 12.7. The molecule has 148 valence electrons. The van der Waals surface area contributed by atoms with Crippen molar-refractivity contribution >= 4 is 46.5 Å². The summed E-state index contributed by atoms with van der Waals surface area (Å²) in [7, 11) is 0. The van der Waals surface area contributed by atoms with E-state index in [1.165, 1.54) is 0 Å². The van der Waals surface area contributed by atoms with E-state index in [1.807, 2.05) is 0 Å². The smallest absolute Gasteiger partial charge is 0.225 e. The molecular formula is C21H20Cl3NO3. The number of rotatable bonds is 6. The van der Waals surface area contributed by atoms with Crippen molar-refractivity contribution in [3.05, 3.63) is 63.1 Å². The van der Waals surface area contributed by atoms with Crippen molar-refractivity contribution in [2.45, 2.75) is 19.3 Å². The lowest BCUT2D eigenvalue weighted by Gasteiger charge is -2.31. The van der Waals surface area contributed by atoms with E-state index in [0.717, 1.165) is 0 Å². The minimum atomic E-state index is -0.107. The monoisotopic (exact) mass is 439 g/mol. The fourth-order valence-corrected chi connectivity index (χ4v) is 3.73. The molecule has 1 aliphatic rings. The molecular weight excluding hydrogens is 421 g/mol. The maximum atomic E-state index is 12.7. The van der Waals surface area contributed by atoms with Gasteiger partial charge in [0.15, 0.2) is 5.78 Å². The Kier molecular flexibility index (Phi) is 7.22. The number of halogens is 3. The normalized spacial score (nSPS) is 14.8. The molecule has 1 fully saturated rings. The van der Waals surface area contributed by atoms with Crippen LogP contribution in [0.5, 0.6) is 5.75 Å². The molecule has 2 aromatic carbocycles.